The maximum absolute atomic E-state index is 12.6. The van der Waals surface area contributed by atoms with E-state index >= 15 is 0 Å². The number of carbonyl (C=O) groups excluding carboxylic acids is 2. The van der Waals surface area contributed by atoms with E-state index < -0.39 is 0 Å². The standard InChI is InChI=1S/C18H28N4O3/c1-3-22-14(7-10-20-22)17(24)19-13-18-8-4-5-15(18)21(11-12-25-2)16(23)6-9-18/h7,10,15H,3-6,8-9,11-13H2,1-2H3,(H,19,24)/t15-,18+/m1/s1. The van der Waals surface area contributed by atoms with Crippen LogP contribution in [-0.2, 0) is 16.1 Å². The monoisotopic (exact) mass is 348 g/mol. The molecule has 0 unspecified atom stereocenters. The largest absolute Gasteiger partial charge is 0.383 e. The van der Waals surface area contributed by atoms with Crippen molar-refractivity contribution in [1.29, 1.82) is 0 Å². The quantitative estimate of drug-likeness (QED) is 0.809. The summed E-state index contributed by atoms with van der Waals surface area (Å²) in [6.07, 6.45) is 6.24. The smallest absolute Gasteiger partial charge is 0.269 e. The van der Waals surface area contributed by atoms with Crippen molar-refractivity contribution in [1.82, 2.24) is 20.0 Å². The molecule has 0 radical (unpaired) electrons. The summed E-state index contributed by atoms with van der Waals surface area (Å²) >= 11 is 0. The van der Waals surface area contributed by atoms with Crippen LogP contribution in [0.1, 0.15) is 49.5 Å². The summed E-state index contributed by atoms with van der Waals surface area (Å²) in [5.41, 5.74) is 0.588. The molecule has 1 aliphatic carbocycles. The molecular weight excluding hydrogens is 320 g/mol. The van der Waals surface area contributed by atoms with Gasteiger partial charge in [-0.25, -0.2) is 0 Å². The average molecular weight is 348 g/mol. The maximum Gasteiger partial charge on any atom is 0.269 e. The van der Waals surface area contributed by atoms with Crippen LogP contribution in [0.15, 0.2) is 12.3 Å². The summed E-state index contributed by atoms with van der Waals surface area (Å²) in [7, 11) is 1.66. The number of piperidine rings is 1. The SMILES string of the molecule is CCn1nccc1C(=O)NC[C@@]12CCC[C@H]1N(CCOC)C(=O)CC2. The topological polar surface area (TPSA) is 76.5 Å². The number of likely N-dealkylation sites (tertiary alicyclic amines) is 1. The van der Waals surface area contributed by atoms with Crippen molar-refractivity contribution in [3.8, 4) is 0 Å². The van der Waals surface area contributed by atoms with Crippen molar-refractivity contribution in [2.45, 2.75) is 51.6 Å². The van der Waals surface area contributed by atoms with Gasteiger partial charge in [0.1, 0.15) is 5.69 Å². The lowest BCUT2D eigenvalue weighted by atomic mass is 9.74. The van der Waals surface area contributed by atoms with Gasteiger partial charge < -0.3 is 15.0 Å². The third-order valence-electron chi connectivity index (χ3n) is 5.78. The number of hydrogen-bond donors (Lipinski definition) is 1. The Hall–Kier alpha value is -1.89. The predicted octanol–water partition coefficient (Wildman–Crippen LogP) is 1.44. The summed E-state index contributed by atoms with van der Waals surface area (Å²) in [4.78, 5) is 26.9. The number of carbonyl (C=O) groups is 2. The molecule has 2 amide bonds. The van der Waals surface area contributed by atoms with Gasteiger partial charge in [-0.2, -0.15) is 5.10 Å². The van der Waals surface area contributed by atoms with Crippen LogP contribution < -0.4 is 5.32 Å². The van der Waals surface area contributed by atoms with Gasteiger partial charge in [0.25, 0.3) is 5.91 Å². The first-order chi connectivity index (χ1) is 12.1. The molecule has 1 N–H and O–H groups in total. The van der Waals surface area contributed by atoms with Gasteiger partial charge in [-0.3, -0.25) is 14.3 Å². The number of fused-ring (bicyclic) bond motifs is 1. The molecule has 7 heteroatoms. The first-order valence-corrected chi connectivity index (χ1v) is 9.20. The molecule has 1 aromatic heterocycles. The van der Waals surface area contributed by atoms with Crippen LogP contribution in [0, 0.1) is 5.41 Å². The molecule has 2 heterocycles. The van der Waals surface area contributed by atoms with Crippen LogP contribution in [0.2, 0.25) is 0 Å². The van der Waals surface area contributed by atoms with Gasteiger partial charge in [0.2, 0.25) is 5.91 Å². The third kappa shape index (κ3) is 3.42. The Bertz CT molecular complexity index is 630. The normalized spacial score (nSPS) is 25.9. The van der Waals surface area contributed by atoms with E-state index in [1.807, 2.05) is 11.8 Å². The minimum atomic E-state index is -0.0836. The highest BCUT2D eigenvalue weighted by atomic mass is 16.5. The number of methoxy groups -OCH3 is 1. The number of nitrogens with one attached hydrogen (secondary N) is 1. The van der Waals surface area contributed by atoms with Gasteiger partial charge >= 0.3 is 0 Å². The Morgan fingerprint density at radius 1 is 1.48 bits per heavy atom. The second-order valence-electron chi connectivity index (χ2n) is 7.07. The number of hydrogen-bond acceptors (Lipinski definition) is 4. The Morgan fingerprint density at radius 3 is 3.08 bits per heavy atom. The van der Waals surface area contributed by atoms with E-state index in [4.69, 9.17) is 4.74 Å². The lowest BCUT2D eigenvalue weighted by Gasteiger charge is -2.46. The van der Waals surface area contributed by atoms with Crippen LogP contribution in [0.5, 0.6) is 0 Å². The molecule has 7 nitrogen and oxygen atoms in total. The molecule has 3 rings (SSSR count). The molecule has 2 atom stereocenters. The minimum absolute atomic E-state index is 0.00558. The van der Waals surface area contributed by atoms with E-state index in [9.17, 15) is 9.59 Å². The third-order valence-corrected chi connectivity index (χ3v) is 5.78. The fraction of sp³-hybridized carbons (Fsp3) is 0.722. The molecular formula is C18H28N4O3. The van der Waals surface area contributed by atoms with Crippen LogP contribution in [-0.4, -0.2) is 59.3 Å². The lowest BCUT2D eigenvalue weighted by Crippen LogP contribution is -2.56. The number of rotatable bonds is 7. The first-order valence-electron chi connectivity index (χ1n) is 9.20. The summed E-state index contributed by atoms with van der Waals surface area (Å²) in [6.45, 7) is 4.44. The van der Waals surface area contributed by atoms with Gasteiger partial charge in [-0.15, -0.1) is 0 Å². The Balaban J connectivity index is 1.69. The van der Waals surface area contributed by atoms with E-state index in [0.29, 0.717) is 38.4 Å². The van der Waals surface area contributed by atoms with Crippen molar-refractivity contribution in [3.63, 3.8) is 0 Å². The Labute approximate surface area is 148 Å². The summed E-state index contributed by atoms with van der Waals surface area (Å²) in [5, 5.41) is 7.27. The molecule has 1 saturated carbocycles. The highest BCUT2D eigenvalue weighted by Gasteiger charge is 2.50. The van der Waals surface area contributed by atoms with Crippen molar-refractivity contribution in [3.05, 3.63) is 18.0 Å². The molecule has 0 spiro atoms. The zero-order valence-electron chi connectivity index (χ0n) is 15.2. The highest BCUT2D eigenvalue weighted by molar-refractivity contribution is 5.92. The van der Waals surface area contributed by atoms with Gasteiger partial charge in [0, 0.05) is 50.8 Å². The number of aromatic nitrogens is 2. The molecule has 0 aromatic carbocycles. The van der Waals surface area contributed by atoms with Crippen molar-refractivity contribution < 1.29 is 14.3 Å². The van der Waals surface area contributed by atoms with Gasteiger partial charge in [0.05, 0.1) is 6.61 Å². The van der Waals surface area contributed by atoms with Gasteiger partial charge in [-0.1, -0.05) is 6.42 Å². The highest BCUT2D eigenvalue weighted by Crippen LogP contribution is 2.47. The fourth-order valence-corrected chi connectivity index (χ4v) is 4.46. The summed E-state index contributed by atoms with van der Waals surface area (Å²) in [6, 6.07) is 1.96. The Morgan fingerprint density at radius 2 is 2.32 bits per heavy atom. The minimum Gasteiger partial charge on any atom is -0.383 e. The van der Waals surface area contributed by atoms with Crippen LogP contribution >= 0.6 is 0 Å². The van der Waals surface area contributed by atoms with E-state index in [0.717, 1.165) is 25.7 Å². The van der Waals surface area contributed by atoms with E-state index in [1.165, 1.54) is 0 Å². The summed E-state index contributed by atoms with van der Waals surface area (Å²) in [5.74, 6) is 0.134. The van der Waals surface area contributed by atoms with E-state index in [2.05, 4.69) is 10.4 Å². The van der Waals surface area contributed by atoms with Crippen molar-refractivity contribution in [2.75, 3.05) is 26.8 Å². The van der Waals surface area contributed by atoms with Crippen molar-refractivity contribution >= 4 is 11.8 Å². The average Bonchev–Trinajstić information content (AvgIpc) is 3.26. The van der Waals surface area contributed by atoms with Crippen LogP contribution in [0.25, 0.3) is 0 Å². The molecule has 1 aliphatic heterocycles. The number of amides is 2. The maximum atomic E-state index is 12.6. The zero-order chi connectivity index (χ0) is 17.9. The first kappa shape index (κ1) is 17.9. The van der Waals surface area contributed by atoms with Gasteiger partial charge in [-0.05, 0) is 32.3 Å². The number of ether oxygens (including phenoxy) is 1. The Kier molecular flexibility index (Phi) is 5.42. The van der Waals surface area contributed by atoms with E-state index in [-0.39, 0.29) is 23.3 Å². The number of nitrogens with zero attached hydrogens (tertiary/aromatic N) is 3. The molecule has 0 bridgehead atoms. The van der Waals surface area contributed by atoms with Crippen LogP contribution in [0.4, 0.5) is 0 Å². The predicted molar refractivity (Wildman–Crippen MR) is 93.1 cm³/mol. The van der Waals surface area contributed by atoms with Crippen LogP contribution in [0.3, 0.4) is 0 Å². The molecule has 2 aliphatic rings. The second kappa shape index (κ2) is 7.56. The molecule has 25 heavy (non-hydrogen) atoms. The fourth-order valence-electron chi connectivity index (χ4n) is 4.46. The summed E-state index contributed by atoms with van der Waals surface area (Å²) < 4.78 is 6.88. The van der Waals surface area contributed by atoms with Crippen molar-refractivity contribution in [2.24, 2.45) is 5.41 Å². The molecule has 2 fully saturated rings. The van der Waals surface area contributed by atoms with E-state index in [1.54, 1.807) is 24.1 Å². The van der Waals surface area contributed by atoms with Gasteiger partial charge in [0.15, 0.2) is 0 Å². The second-order valence-corrected chi connectivity index (χ2v) is 7.07. The molecule has 1 aromatic rings. The molecule has 138 valence electrons. The zero-order valence-corrected chi connectivity index (χ0v) is 15.2. The lowest BCUT2D eigenvalue weighted by molar-refractivity contribution is -0.142. The molecule has 1 saturated heterocycles. The number of aryl methyl sites for hydroxylation is 1.